The maximum absolute atomic E-state index is 13.9. The van der Waals surface area contributed by atoms with Crippen molar-refractivity contribution in [3.05, 3.63) is 28.8 Å². The van der Waals surface area contributed by atoms with Gasteiger partial charge >= 0.3 is 29.8 Å². The number of halogens is 14. The van der Waals surface area contributed by atoms with Gasteiger partial charge in [0.15, 0.2) is 17.4 Å². The zero-order valence-electron chi connectivity index (χ0n) is 11.2. The smallest absolute Gasteiger partial charge is 0.444 e. The Morgan fingerprint density at radius 2 is 1.08 bits per heavy atom. The molecule has 0 aliphatic carbocycles. The van der Waals surface area contributed by atoms with Gasteiger partial charge in [-0.25, -0.2) is 13.2 Å². The summed E-state index contributed by atoms with van der Waals surface area (Å²) in [4.78, 5) is 0. The molecule has 2 rings (SSSR count). The molecule has 1 nitrogen and oxygen atoms in total. The molecule has 26 heavy (non-hydrogen) atoms. The fourth-order valence-corrected chi connectivity index (χ4v) is 2.00. The van der Waals surface area contributed by atoms with E-state index in [4.69, 9.17) is 0 Å². The highest BCUT2D eigenvalue weighted by molar-refractivity contribution is 5.46. The average Bonchev–Trinajstić information content (AvgIpc) is 2.47. The van der Waals surface area contributed by atoms with Crippen molar-refractivity contribution in [3.8, 4) is 5.75 Å². The summed E-state index contributed by atoms with van der Waals surface area (Å²) in [5.74, 6) is -44.3. The fraction of sp³-hybridized carbons (Fsp3) is 0.455. The highest BCUT2D eigenvalue weighted by atomic mass is 19.4. The number of rotatable bonds is 1. The van der Waals surface area contributed by atoms with Gasteiger partial charge in [0.2, 0.25) is 11.6 Å². The van der Waals surface area contributed by atoms with Crippen LogP contribution in [0.2, 0.25) is 0 Å². The molecule has 0 saturated carbocycles. The van der Waals surface area contributed by atoms with Crippen LogP contribution >= 0.6 is 0 Å². The third kappa shape index (κ3) is 2.05. The molecule has 0 N–H and O–H groups in total. The Morgan fingerprint density at radius 1 is 0.654 bits per heavy atom. The first-order chi connectivity index (χ1) is 11.4. The Kier molecular flexibility index (Phi) is 3.96. The zero-order valence-corrected chi connectivity index (χ0v) is 11.2. The van der Waals surface area contributed by atoms with E-state index in [1.54, 1.807) is 0 Å². The summed E-state index contributed by atoms with van der Waals surface area (Å²) in [7, 11) is 0. The van der Waals surface area contributed by atoms with Crippen LogP contribution < -0.4 is 4.74 Å². The van der Waals surface area contributed by atoms with Crippen molar-refractivity contribution >= 4 is 0 Å². The molecule has 1 aliphatic heterocycles. The molecule has 0 saturated heterocycles. The molecule has 1 atom stereocenters. The molecule has 0 bridgehead atoms. The summed E-state index contributed by atoms with van der Waals surface area (Å²) < 4.78 is 187. The number of alkyl halides is 10. The van der Waals surface area contributed by atoms with Gasteiger partial charge in [0.1, 0.15) is 5.56 Å². The molecule has 1 unspecified atom stereocenters. The molecule has 1 aliphatic rings. The van der Waals surface area contributed by atoms with Crippen molar-refractivity contribution < 1.29 is 66.2 Å². The maximum atomic E-state index is 13.9. The molecular weight excluding hydrogens is 414 g/mol. The van der Waals surface area contributed by atoms with E-state index in [1.807, 2.05) is 0 Å². The second-order valence-electron chi connectivity index (χ2n) is 4.88. The summed E-state index contributed by atoms with van der Waals surface area (Å²) in [6.45, 7) is 0. The number of benzene rings is 1. The largest absolute Gasteiger partial charge is 0.461 e. The van der Waals surface area contributed by atoms with Crippen LogP contribution in [0.4, 0.5) is 61.5 Å². The number of hydrogen-bond acceptors (Lipinski definition) is 1. The summed E-state index contributed by atoms with van der Waals surface area (Å²) in [6.07, 6.45) is -7.29. The van der Waals surface area contributed by atoms with Gasteiger partial charge in [-0.1, -0.05) is 0 Å². The first-order valence-corrected chi connectivity index (χ1v) is 5.80. The van der Waals surface area contributed by atoms with E-state index in [0.29, 0.717) is 0 Å². The van der Waals surface area contributed by atoms with Gasteiger partial charge in [0.25, 0.3) is 0 Å². The second kappa shape index (κ2) is 5.06. The fourth-order valence-electron chi connectivity index (χ4n) is 2.00. The topological polar surface area (TPSA) is 9.23 Å². The molecule has 148 valence electrons. The van der Waals surface area contributed by atoms with Gasteiger partial charge in [-0.2, -0.15) is 48.3 Å². The van der Waals surface area contributed by atoms with E-state index in [1.165, 1.54) is 0 Å². The molecule has 0 spiro atoms. The first kappa shape index (κ1) is 20.4. The number of fused-ring (bicyclic) bond motifs is 1. The lowest BCUT2D eigenvalue weighted by molar-refractivity contribution is -0.444. The van der Waals surface area contributed by atoms with Crippen LogP contribution in [0.1, 0.15) is 5.56 Å². The van der Waals surface area contributed by atoms with Crippen molar-refractivity contribution in [2.24, 2.45) is 0 Å². The molecule has 0 radical (unpaired) electrons. The minimum atomic E-state index is -7.42. The van der Waals surface area contributed by atoms with Gasteiger partial charge in [-0.15, -0.1) is 0 Å². The van der Waals surface area contributed by atoms with Gasteiger partial charge in [-0.05, 0) is 0 Å². The monoisotopic (exact) mass is 414 g/mol. The Bertz CT molecular complexity index is 765. The van der Waals surface area contributed by atoms with E-state index in [2.05, 4.69) is 4.74 Å². The van der Waals surface area contributed by atoms with Crippen molar-refractivity contribution in [2.45, 2.75) is 29.8 Å². The first-order valence-electron chi connectivity index (χ1n) is 5.80. The van der Waals surface area contributed by atoms with Gasteiger partial charge in [0.05, 0.1) is 0 Å². The van der Waals surface area contributed by atoms with E-state index >= 15 is 0 Å². The van der Waals surface area contributed by atoms with E-state index < -0.39 is 64.4 Å². The van der Waals surface area contributed by atoms with E-state index in [0.717, 1.165) is 0 Å². The predicted molar refractivity (Wildman–Crippen MR) is 50.6 cm³/mol. The van der Waals surface area contributed by atoms with E-state index in [-0.39, 0.29) is 0 Å². The Balaban J connectivity index is 2.96. The van der Waals surface area contributed by atoms with E-state index in [9.17, 15) is 61.5 Å². The van der Waals surface area contributed by atoms with Crippen LogP contribution in [0.25, 0.3) is 0 Å². The SMILES string of the molecule is Fc1c(F)c(F)c2c(c1F)OC(F)(C(F)(F)C(F)(F)F)C(F)(F)C2(F)F. The van der Waals surface area contributed by atoms with Gasteiger partial charge < -0.3 is 4.74 Å². The number of hydrogen-bond donors (Lipinski definition) is 0. The van der Waals surface area contributed by atoms with Crippen LogP contribution in [0.5, 0.6) is 5.75 Å². The Morgan fingerprint density at radius 3 is 1.50 bits per heavy atom. The van der Waals surface area contributed by atoms with Crippen LogP contribution in [0.15, 0.2) is 0 Å². The third-order valence-electron chi connectivity index (χ3n) is 3.34. The lowest BCUT2D eigenvalue weighted by atomic mass is 9.88. The predicted octanol–water partition coefficient (Wildman–Crippen LogP) is 5.23. The average molecular weight is 414 g/mol. The van der Waals surface area contributed by atoms with Crippen molar-refractivity contribution in [1.82, 2.24) is 0 Å². The molecule has 0 aromatic heterocycles. The molecule has 0 amide bonds. The summed E-state index contributed by atoms with van der Waals surface area (Å²) in [5, 5.41) is 0. The molecule has 1 aromatic carbocycles. The Labute approximate surface area is 132 Å². The van der Waals surface area contributed by atoms with Crippen LogP contribution in [-0.4, -0.2) is 23.9 Å². The maximum Gasteiger partial charge on any atom is 0.461 e. The normalized spacial score (nSPS) is 24.8. The molecule has 15 heteroatoms. The van der Waals surface area contributed by atoms with Crippen molar-refractivity contribution in [2.75, 3.05) is 0 Å². The lowest BCUT2D eigenvalue weighted by Crippen LogP contribution is -2.72. The van der Waals surface area contributed by atoms with Crippen LogP contribution in [0, 0.1) is 23.3 Å². The van der Waals surface area contributed by atoms with Crippen LogP contribution in [0.3, 0.4) is 0 Å². The minimum Gasteiger partial charge on any atom is -0.444 e. The number of ether oxygens (including phenoxy) is 1. The lowest BCUT2D eigenvalue weighted by Gasteiger charge is -2.45. The molecule has 1 heterocycles. The molecule has 0 fully saturated rings. The molecular formula is C11F14O. The highest BCUT2D eigenvalue weighted by Crippen LogP contribution is 2.64. The summed E-state index contributed by atoms with van der Waals surface area (Å²) >= 11 is 0. The van der Waals surface area contributed by atoms with Crippen LogP contribution in [-0.2, 0) is 5.92 Å². The van der Waals surface area contributed by atoms with Gasteiger partial charge in [0, 0.05) is 0 Å². The third-order valence-corrected chi connectivity index (χ3v) is 3.34. The minimum absolute atomic E-state index is 2.72. The quantitative estimate of drug-likeness (QED) is 0.348. The summed E-state index contributed by atoms with van der Waals surface area (Å²) in [5.41, 5.74) is -3.27. The van der Waals surface area contributed by atoms with Gasteiger partial charge in [-0.3, -0.25) is 0 Å². The highest BCUT2D eigenvalue weighted by Gasteiger charge is 2.90. The van der Waals surface area contributed by atoms with Crippen molar-refractivity contribution in [3.63, 3.8) is 0 Å². The van der Waals surface area contributed by atoms with Crippen molar-refractivity contribution in [1.29, 1.82) is 0 Å². The zero-order chi connectivity index (χ0) is 20.7. The summed E-state index contributed by atoms with van der Waals surface area (Å²) in [6, 6.07) is 0. The standard InChI is InChI=1S/C11F14O/c12-2-1-6(5(15)4(14)3(2)13)26-10(22,8(18,19)7(1,16)17)9(20,21)11(23,24)25. The Hall–Kier alpha value is -1.96. The molecule has 1 aromatic rings. The second-order valence-corrected chi connectivity index (χ2v) is 4.88.